The van der Waals surface area contributed by atoms with Crippen LogP contribution in [-0.2, 0) is 36.9 Å². The standard InChI is InChI=1S/C47H53N3O8/c1-4-6-21-43(50-47(55)58-31-42-40-19-12-10-17-38(40)39-18-11-13-20-41(39)42)46(54)57-29-32(3)48-45(53)35(14-5-2)27-44(52)49-36(28-51)26-33-22-24-37(25-23-33)56-30-34-15-8-7-9-16-34/h4-5,7-13,15-20,22-25,32,35-36,42-43,51H,1-2,6,14,21,26-31H2,3H3,(H,48,53)(H,49,52)(H,50,55)/t32-,35+,36-,43-/m0/s1. The summed E-state index contributed by atoms with van der Waals surface area (Å²) in [5.74, 6) is -1.66. The molecule has 4 aromatic carbocycles. The van der Waals surface area contributed by atoms with E-state index < -0.39 is 47.9 Å². The molecule has 304 valence electrons. The highest BCUT2D eigenvalue weighted by Gasteiger charge is 2.30. The van der Waals surface area contributed by atoms with Crippen molar-refractivity contribution in [2.75, 3.05) is 19.8 Å². The Balaban J connectivity index is 1.06. The molecule has 4 aromatic rings. The Morgan fingerprint density at radius 3 is 2.07 bits per heavy atom. The summed E-state index contributed by atoms with van der Waals surface area (Å²) in [7, 11) is 0. The van der Waals surface area contributed by atoms with Crippen LogP contribution in [-0.4, -0.2) is 66.9 Å². The van der Waals surface area contributed by atoms with Gasteiger partial charge >= 0.3 is 12.1 Å². The van der Waals surface area contributed by atoms with Crippen molar-refractivity contribution < 1.29 is 38.5 Å². The third-order valence-electron chi connectivity index (χ3n) is 9.94. The van der Waals surface area contributed by atoms with Crippen LogP contribution < -0.4 is 20.7 Å². The average molecular weight is 788 g/mol. The van der Waals surface area contributed by atoms with Gasteiger partial charge in [0.1, 0.15) is 31.6 Å². The van der Waals surface area contributed by atoms with Gasteiger partial charge in [-0.2, -0.15) is 0 Å². The molecule has 0 saturated carbocycles. The molecule has 0 radical (unpaired) electrons. The van der Waals surface area contributed by atoms with E-state index in [4.69, 9.17) is 14.2 Å². The number of hydrogen-bond acceptors (Lipinski definition) is 8. The van der Waals surface area contributed by atoms with E-state index in [1.54, 1.807) is 19.1 Å². The first-order valence-electron chi connectivity index (χ1n) is 19.6. The summed E-state index contributed by atoms with van der Waals surface area (Å²) in [5.41, 5.74) is 6.31. The molecule has 11 heteroatoms. The Bertz CT molecular complexity index is 1960. The van der Waals surface area contributed by atoms with E-state index in [0.29, 0.717) is 25.2 Å². The molecular weight excluding hydrogens is 735 g/mol. The number of esters is 1. The fourth-order valence-electron chi connectivity index (χ4n) is 6.93. The van der Waals surface area contributed by atoms with E-state index in [-0.39, 0.29) is 45.0 Å². The average Bonchev–Trinajstić information content (AvgIpc) is 3.56. The van der Waals surface area contributed by atoms with Crippen molar-refractivity contribution in [3.63, 3.8) is 0 Å². The van der Waals surface area contributed by atoms with Crippen molar-refractivity contribution in [3.8, 4) is 16.9 Å². The van der Waals surface area contributed by atoms with Crippen LogP contribution in [0.25, 0.3) is 11.1 Å². The van der Waals surface area contributed by atoms with Gasteiger partial charge in [-0.25, -0.2) is 9.59 Å². The lowest BCUT2D eigenvalue weighted by Gasteiger charge is -2.22. The Kier molecular flexibility index (Phi) is 16.2. The molecule has 0 fully saturated rings. The van der Waals surface area contributed by atoms with Gasteiger partial charge in [0.25, 0.3) is 0 Å². The lowest BCUT2D eigenvalue weighted by molar-refractivity contribution is -0.147. The third kappa shape index (κ3) is 12.4. The molecular formula is C47H53N3O8. The number of aliphatic hydroxyl groups excluding tert-OH is 1. The smallest absolute Gasteiger partial charge is 0.407 e. The number of carbonyl (C=O) groups is 4. The SMILES string of the molecule is C=CCC[C@H](NC(=O)OCC1c2ccccc2-c2ccccc21)C(=O)OC[C@H](C)NC(=O)[C@H](CC=C)CC(=O)N[C@H](CO)Cc1ccc(OCc2ccccc2)cc1. The molecule has 0 unspecified atom stereocenters. The Labute approximate surface area is 340 Å². The Hall–Kier alpha value is -6.20. The molecule has 0 aromatic heterocycles. The van der Waals surface area contributed by atoms with Crippen molar-refractivity contribution in [3.05, 3.63) is 151 Å². The van der Waals surface area contributed by atoms with Crippen molar-refractivity contribution >= 4 is 23.9 Å². The fourth-order valence-corrected chi connectivity index (χ4v) is 6.93. The van der Waals surface area contributed by atoms with Crippen molar-refractivity contribution in [2.45, 2.75) is 69.7 Å². The first kappa shape index (κ1) is 42.9. The van der Waals surface area contributed by atoms with Crippen LogP contribution in [0.2, 0.25) is 0 Å². The summed E-state index contributed by atoms with van der Waals surface area (Å²) in [6.45, 7) is 9.21. The predicted octanol–water partition coefficient (Wildman–Crippen LogP) is 6.79. The van der Waals surface area contributed by atoms with E-state index in [0.717, 1.165) is 33.4 Å². The van der Waals surface area contributed by atoms with Gasteiger partial charge in [0.05, 0.1) is 24.6 Å². The minimum absolute atomic E-state index is 0.0935. The molecule has 11 nitrogen and oxygen atoms in total. The highest BCUT2D eigenvalue weighted by Crippen LogP contribution is 2.44. The van der Waals surface area contributed by atoms with Crippen molar-refractivity contribution in [1.82, 2.24) is 16.0 Å². The number of carbonyl (C=O) groups excluding carboxylic acids is 4. The Morgan fingerprint density at radius 1 is 0.776 bits per heavy atom. The second kappa shape index (κ2) is 21.9. The van der Waals surface area contributed by atoms with Crippen LogP contribution in [0.3, 0.4) is 0 Å². The number of benzene rings is 4. The summed E-state index contributed by atoms with van der Waals surface area (Å²) in [6.07, 6.45) is 3.61. The van der Waals surface area contributed by atoms with Gasteiger partial charge in [-0.05, 0) is 78.1 Å². The zero-order valence-corrected chi connectivity index (χ0v) is 32.9. The number of nitrogens with one attached hydrogen (secondary N) is 3. The largest absolute Gasteiger partial charge is 0.489 e. The first-order valence-corrected chi connectivity index (χ1v) is 19.6. The molecule has 0 bridgehead atoms. The van der Waals surface area contributed by atoms with E-state index in [9.17, 15) is 24.3 Å². The summed E-state index contributed by atoms with van der Waals surface area (Å²) < 4.78 is 17.0. The Morgan fingerprint density at radius 2 is 1.43 bits per heavy atom. The maximum atomic E-state index is 13.3. The summed E-state index contributed by atoms with van der Waals surface area (Å²) >= 11 is 0. The number of amides is 3. The highest BCUT2D eigenvalue weighted by molar-refractivity contribution is 5.86. The van der Waals surface area contributed by atoms with Gasteiger partial charge < -0.3 is 35.3 Å². The lowest BCUT2D eigenvalue weighted by Crippen LogP contribution is -2.45. The number of ether oxygens (including phenoxy) is 3. The van der Waals surface area contributed by atoms with E-state index in [2.05, 4.69) is 41.2 Å². The quantitative estimate of drug-likeness (QED) is 0.0502. The summed E-state index contributed by atoms with van der Waals surface area (Å²) in [4.78, 5) is 52.5. The monoisotopic (exact) mass is 787 g/mol. The molecule has 3 amide bonds. The van der Waals surface area contributed by atoms with E-state index >= 15 is 0 Å². The van der Waals surface area contributed by atoms with Crippen LogP contribution in [0.5, 0.6) is 5.75 Å². The van der Waals surface area contributed by atoms with Gasteiger partial charge in [-0.15, -0.1) is 13.2 Å². The number of fused-ring (bicyclic) bond motifs is 3. The number of rotatable bonds is 22. The zero-order valence-electron chi connectivity index (χ0n) is 32.9. The number of aliphatic hydroxyl groups is 1. The van der Waals surface area contributed by atoms with Gasteiger partial charge in [0.15, 0.2) is 0 Å². The highest BCUT2D eigenvalue weighted by atomic mass is 16.6. The molecule has 1 aliphatic carbocycles. The lowest BCUT2D eigenvalue weighted by atomic mass is 9.98. The maximum Gasteiger partial charge on any atom is 0.407 e. The van der Waals surface area contributed by atoms with Gasteiger partial charge in [0.2, 0.25) is 11.8 Å². The van der Waals surface area contributed by atoms with Gasteiger partial charge in [0, 0.05) is 12.3 Å². The second-order valence-corrected chi connectivity index (χ2v) is 14.4. The van der Waals surface area contributed by atoms with Crippen LogP contribution in [0.4, 0.5) is 4.79 Å². The normalized spacial score (nSPS) is 13.7. The predicted molar refractivity (Wildman–Crippen MR) is 223 cm³/mol. The van der Waals surface area contributed by atoms with Crippen LogP contribution in [0.1, 0.15) is 60.8 Å². The minimum Gasteiger partial charge on any atom is -0.489 e. The fraction of sp³-hybridized carbons (Fsp3) is 0.319. The van der Waals surface area contributed by atoms with Crippen molar-refractivity contribution in [2.24, 2.45) is 5.92 Å². The molecule has 0 aliphatic heterocycles. The molecule has 4 atom stereocenters. The molecule has 0 heterocycles. The number of alkyl carbamates (subject to hydrolysis) is 1. The molecule has 4 N–H and O–H groups in total. The van der Waals surface area contributed by atoms with E-state index in [1.165, 1.54) is 0 Å². The molecule has 0 saturated heterocycles. The second-order valence-electron chi connectivity index (χ2n) is 14.4. The molecule has 5 rings (SSSR count). The minimum atomic E-state index is -1.00. The molecule has 58 heavy (non-hydrogen) atoms. The van der Waals surface area contributed by atoms with Crippen LogP contribution in [0, 0.1) is 5.92 Å². The number of allylic oxidation sites excluding steroid dienone is 2. The number of hydrogen-bond donors (Lipinski definition) is 4. The molecule has 0 spiro atoms. The van der Waals surface area contributed by atoms with Crippen LogP contribution >= 0.6 is 0 Å². The topological polar surface area (TPSA) is 152 Å². The van der Waals surface area contributed by atoms with Crippen molar-refractivity contribution in [1.29, 1.82) is 0 Å². The van der Waals surface area contributed by atoms with Gasteiger partial charge in [-0.1, -0.05) is 103 Å². The molecule has 1 aliphatic rings. The summed E-state index contributed by atoms with van der Waals surface area (Å²) in [5, 5.41) is 18.3. The zero-order chi connectivity index (χ0) is 41.3. The van der Waals surface area contributed by atoms with E-state index in [1.807, 2.05) is 91.0 Å². The van der Waals surface area contributed by atoms with Gasteiger partial charge in [-0.3, -0.25) is 9.59 Å². The van der Waals surface area contributed by atoms with Crippen LogP contribution in [0.15, 0.2) is 128 Å². The third-order valence-corrected chi connectivity index (χ3v) is 9.94. The summed E-state index contributed by atoms with van der Waals surface area (Å²) in [6, 6.07) is 31.2. The maximum absolute atomic E-state index is 13.3. The first-order chi connectivity index (χ1) is 28.2.